The molecular formula is C8H11IOSi. The van der Waals surface area contributed by atoms with E-state index in [1.807, 2.05) is 13.0 Å². The number of halogens is 1. The van der Waals surface area contributed by atoms with E-state index in [4.69, 9.17) is 4.43 Å². The molecule has 0 fully saturated rings. The first-order chi connectivity index (χ1) is 5.34. The third-order valence-electron chi connectivity index (χ3n) is 1.37. The molecule has 11 heavy (non-hydrogen) atoms. The second kappa shape index (κ2) is 4.90. The van der Waals surface area contributed by atoms with E-state index in [9.17, 15) is 0 Å². The first-order valence-electron chi connectivity index (χ1n) is 3.65. The van der Waals surface area contributed by atoms with Gasteiger partial charge < -0.3 is 4.43 Å². The molecule has 0 heterocycles. The normalized spacial score (nSPS) is 12.9. The maximum Gasteiger partial charge on any atom is 0.274 e. The molecule has 0 aliphatic carbocycles. The maximum atomic E-state index is 5.55. The highest BCUT2D eigenvalue weighted by molar-refractivity contribution is 14.1. The molecule has 60 valence electrons. The van der Waals surface area contributed by atoms with Crippen LogP contribution in [0.15, 0.2) is 30.3 Å². The van der Waals surface area contributed by atoms with Crippen molar-refractivity contribution in [1.82, 2.24) is 0 Å². The summed E-state index contributed by atoms with van der Waals surface area (Å²) >= 11 is 2.42. The lowest BCUT2D eigenvalue weighted by Gasteiger charge is -2.06. The smallest absolute Gasteiger partial charge is 0.274 e. The van der Waals surface area contributed by atoms with Gasteiger partial charge in [-0.2, -0.15) is 0 Å². The lowest BCUT2D eigenvalue weighted by molar-refractivity contribution is 0.365. The van der Waals surface area contributed by atoms with Gasteiger partial charge in [-0.25, -0.2) is 0 Å². The molecule has 0 aliphatic heterocycles. The zero-order valence-corrected chi connectivity index (χ0v) is 9.77. The first-order valence-corrected chi connectivity index (χ1v) is 8.87. The highest BCUT2D eigenvalue weighted by atomic mass is 127. The third kappa shape index (κ3) is 2.92. The monoisotopic (exact) mass is 278 g/mol. The molecule has 0 spiro atoms. The third-order valence-corrected chi connectivity index (χ3v) is 6.15. The fraction of sp³-hybridized carbons (Fsp3) is 0.250. The molecular weight excluding hydrogens is 267 g/mol. The van der Waals surface area contributed by atoms with Crippen molar-refractivity contribution >= 4 is 33.5 Å². The predicted molar refractivity (Wildman–Crippen MR) is 58.9 cm³/mol. The predicted octanol–water partition coefficient (Wildman–Crippen LogP) is 1.59. The summed E-state index contributed by atoms with van der Waals surface area (Å²) in [7, 11) is 0. The Morgan fingerprint density at radius 3 is 2.55 bits per heavy atom. The summed E-state index contributed by atoms with van der Waals surface area (Å²) < 4.78 is 5.55. The van der Waals surface area contributed by atoms with E-state index >= 15 is 0 Å². The average Bonchev–Trinajstić information content (AvgIpc) is 2.07. The van der Waals surface area contributed by atoms with Gasteiger partial charge in [0.25, 0.3) is 6.54 Å². The van der Waals surface area contributed by atoms with Crippen LogP contribution in [-0.4, -0.2) is 13.1 Å². The van der Waals surface area contributed by atoms with Gasteiger partial charge in [0, 0.05) is 6.61 Å². The highest BCUT2D eigenvalue weighted by Gasteiger charge is 2.07. The van der Waals surface area contributed by atoms with Crippen LogP contribution in [0.25, 0.3) is 0 Å². The van der Waals surface area contributed by atoms with E-state index in [0.717, 1.165) is 6.61 Å². The fourth-order valence-corrected chi connectivity index (χ4v) is 4.18. The summed E-state index contributed by atoms with van der Waals surface area (Å²) in [5, 5.41) is 1.37. The van der Waals surface area contributed by atoms with Crippen molar-refractivity contribution in [2.45, 2.75) is 6.92 Å². The summed E-state index contributed by atoms with van der Waals surface area (Å²) in [4.78, 5) is 0. The molecule has 0 saturated heterocycles. The van der Waals surface area contributed by atoms with Crippen LogP contribution in [0, 0.1) is 0 Å². The molecule has 0 aliphatic rings. The van der Waals surface area contributed by atoms with Crippen molar-refractivity contribution in [2.75, 3.05) is 6.61 Å². The van der Waals surface area contributed by atoms with E-state index in [-0.39, 0.29) is 0 Å². The maximum absolute atomic E-state index is 5.55. The van der Waals surface area contributed by atoms with Gasteiger partial charge >= 0.3 is 0 Å². The van der Waals surface area contributed by atoms with E-state index in [1.165, 1.54) is 5.19 Å². The number of benzene rings is 1. The SMILES string of the molecule is CCO[SiH](I)c1ccccc1. The Hall–Kier alpha value is 0.127. The molecule has 0 amide bonds. The Labute approximate surface area is 81.7 Å². The van der Waals surface area contributed by atoms with Gasteiger partial charge in [-0.15, -0.1) is 0 Å². The van der Waals surface area contributed by atoms with Gasteiger partial charge in [0.15, 0.2) is 0 Å². The van der Waals surface area contributed by atoms with Crippen LogP contribution in [0.3, 0.4) is 0 Å². The van der Waals surface area contributed by atoms with Gasteiger partial charge in [0.2, 0.25) is 0 Å². The Balaban J connectivity index is 2.61. The topological polar surface area (TPSA) is 9.23 Å². The Morgan fingerprint density at radius 1 is 1.36 bits per heavy atom. The number of hydrogen-bond donors (Lipinski definition) is 0. The molecule has 3 heteroatoms. The number of rotatable bonds is 3. The standard InChI is InChI=1S/C8H11IOSi/c1-2-10-11(9)8-6-4-3-5-7-8/h3-7,11H,2H2,1H3. The molecule has 1 atom stereocenters. The van der Waals surface area contributed by atoms with Crippen molar-refractivity contribution in [3.63, 3.8) is 0 Å². The average molecular weight is 278 g/mol. The molecule has 0 radical (unpaired) electrons. The second-order valence-corrected chi connectivity index (χ2v) is 7.21. The minimum atomic E-state index is -1.09. The van der Waals surface area contributed by atoms with Crippen LogP contribution in [0.5, 0.6) is 0 Å². The van der Waals surface area contributed by atoms with Crippen LogP contribution in [0.4, 0.5) is 0 Å². The van der Waals surface area contributed by atoms with Gasteiger partial charge in [-0.3, -0.25) is 0 Å². The molecule has 1 unspecified atom stereocenters. The van der Waals surface area contributed by atoms with E-state index in [1.54, 1.807) is 0 Å². The number of hydrogen-bond acceptors (Lipinski definition) is 1. The zero-order valence-electron chi connectivity index (χ0n) is 6.46. The van der Waals surface area contributed by atoms with E-state index in [0.29, 0.717) is 0 Å². The Bertz CT molecular complexity index is 203. The minimum absolute atomic E-state index is 0.828. The van der Waals surface area contributed by atoms with Crippen LogP contribution < -0.4 is 5.19 Å². The molecule has 1 aromatic rings. The summed E-state index contributed by atoms with van der Waals surface area (Å²) in [6, 6.07) is 10.4. The van der Waals surface area contributed by atoms with Crippen LogP contribution in [-0.2, 0) is 4.43 Å². The van der Waals surface area contributed by atoms with Gasteiger partial charge in [-0.1, -0.05) is 52.1 Å². The molecule has 0 N–H and O–H groups in total. The lowest BCUT2D eigenvalue weighted by Crippen LogP contribution is -2.26. The Morgan fingerprint density at radius 2 is 2.00 bits per heavy atom. The van der Waals surface area contributed by atoms with Gasteiger partial charge in [0.05, 0.1) is 0 Å². The summed E-state index contributed by atoms with van der Waals surface area (Å²) in [6.45, 7) is 1.78. The summed E-state index contributed by atoms with van der Waals surface area (Å²) in [5.74, 6) is 0. The summed E-state index contributed by atoms with van der Waals surface area (Å²) in [6.07, 6.45) is 0. The highest BCUT2D eigenvalue weighted by Crippen LogP contribution is 1.97. The van der Waals surface area contributed by atoms with Crippen molar-refractivity contribution in [2.24, 2.45) is 0 Å². The van der Waals surface area contributed by atoms with Crippen LogP contribution >= 0.6 is 21.8 Å². The lowest BCUT2D eigenvalue weighted by atomic mass is 10.4. The van der Waals surface area contributed by atoms with Crippen molar-refractivity contribution in [3.05, 3.63) is 30.3 Å². The van der Waals surface area contributed by atoms with Crippen molar-refractivity contribution in [1.29, 1.82) is 0 Å². The fourth-order valence-electron chi connectivity index (χ4n) is 0.847. The van der Waals surface area contributed by atoms with Crippen molar-refractivity contribution < 1.29 is 4.43 Å². The molecule has 0 bridgehead atoms. The molecule has 1 aromatic carbocycles. The van der Waals surface area contributed by atoms with Gasteiger partial charge in [-0.05, 0) is 12.1 Å². The van der Waals surface area contributed by atoms with Crippen LogP contribution in [0.2, 0.25) is 0 Å². The van der Waals surface area contributed by atoms with Crippen LogP contribution in [0.1, 0.15) is 6.92 Å². The zero-order chi connectivity index (χ0) is 8.10. The molecule has 0 aromatic heterocycles. The quantitative estimate of drug-likeness (QED) is 0.463. The molecule has 0 saturated carbocycles. The van der Waals surface area contributed by atoms with E-state index < -0.39 is 6.54 Å². The summed E-state index contributed by atoms with van der Waals surface area (Å²) in [5.41, 5.74) is 0. The molecule has 1 rings (SSSR count). The second-order valence-electron chi connectivity index (χ2n) is 2.18. The van der Waals surface area contributed by atoms with E-state index in [2.05, 4.69) is 46.1 Å². The Kier molecular flexibility index (Phi) is 4.10. The molecule has 1 nitrogen and oxygen atoms in total. The minimum Gasteiger partial charge on any atom is -0.406 e. The largest absolute Gasteiger partial charge is 0.406 e. The van der Waals surface area contributed by atoms with Crippen molar-refractivity contribution in [3.8, 4) is 0 Å². The first kappa shape index (κ1) is 9.22. The van der Waals surface area contributed by atoms with Gasteiger partial charge in [0.1, 0.15) is 0 Å².